The lowest BCUT2D eigenvalue weighted by molar-refractivity contribution is 0.410. The number of alkyl halides is 1. The first-order chi connectivity index (χ1) is 5.27. The summed E-state index contributed by atoms with van der Waals surface area (Å²) in [6.07, 6.45) is 0. The molecule has 1 aromatic carbocycles. The summed E-state index contributed by atoms with van der Waals surface area (Å²) in [6.45, 7) is 0. The molecule has 0 saturated carbocycles. The number of benzene rings is 1. The lowest BCUT2D eigenvalue weighted by Crippen LogP contribution is -1.89. The lowest BCUT2D eigenvalue weighted by Gasteiger charge is -2.04. The molecular weight excluding hydrogens is 258 g/mol. The Labute approximate surface area is 78.7 Å². The minimum Gasteiger partial charge on any atom is -0.496 e. The Balaban J connectivity index is 3.06. The van der Waals surface area contributed by atoms with Crippen molar-refractivity contribution in [3.05, 3.63) is 29.6 Å². The fraction of sp³-hybridized carbons (Fsp3) is 0.250. The van der Waals surface area contributed by atoms with Gasteiger partial charge in [-0.1, -0.05) is 22.6 Å². The van der Waals surface area contributed by atoms with Crippen LogP contribution in [0, 0.1) is 5.82 Å². The Bertz CT molecular complexity index is 250. The van der Waals surface area contributed by atoms with Gasteiger partial charge in [0.15, 0.2) is 0 Å². The van der Waals surface area contributed by atoms with Gasteiger partial charge in [-0.2, -0.15) is 0 Å². The normalized spacial score (nSPS) is 9.73. The van der Waals surface area contributed by atoms with E-state index in [1.165, 1.54) is 12.1 Å². The van der Waals surface area contributed by atoms with E-state index in [9.17, 15) is 4.39 Å². The van der Waals surface area contributed by atoms with Crippen molar-refractivity contribution in [2.45, 2.75) is 4.43 Å². The second kappa shape index (κ2) is 3.90. The third-order valence-corrected chi connectivity index (χ3v) is 2.21. The summed E-state index contributed by atoms with van der Waals surface area (Å²) in [5.74, 6) is 0.540. The predicted octanol–water partition coefficient (Wildman–Crippen LogP) is 2.77. The Kier molecular flexibility index (Phi) is 3.11. The van der Waals surface area contributed by atoms with Gasteiger partial charge in [-0.05, 0) is 18.2 Å². The zero-order valence-corrected chi connectivity index (χ0v) is 8.26. The van der Waals surface area contributed by atoms with Gasteiger partial charge in [0.25, 0.3) is 0 Å². The van der Waals surface area contributed by atoms with Gasteiger partial charge in [0, 0.05) is 9.99 Å². The van der Waals surface area contributed by atoms with E-state index in [-0.39, 0.29) is 5.82 Å². The topological polar surface area (TPSA) is 9.23 Å². The average Bonchev–Trinajstić information content (AvgIpc) is 2.04. The van der Waals surface area contributed by atoms with Crippen molar-refractivity contribution in [2.75, 3.05) is 7.11 Å². The molecule has 11 heavy (non-hydrogen) atoms. The summed E-state index contributed by atoms with van der Waals surface area (Å²) in [7, 11) is 1.59. The maximum Gasteiger partial charge on any atom is 0.123 e. The second-order valence-corrected chi connectivity index (χ2v) is 2.85. The molecule has 3 heteroatoms. The molecule has 0 aromatic heterocycles. The maximum atomic E-state index is 12.6. The first-order valence-electron chi connectivity index (χ1n) is 3.16. The van der Waals surface area contributed by atoms with E-state index >= 15 is 0 Å². The molecule has 0 spiro atoms. The largest absolute Gasteiger partial charge is 0.496 e. The van der Waals surface area contributed by atoms with Crippen molar-refractivity contribution >= 4 is 22.6 Å². The van der Waals surface area contributed by atoms with Crippen molar-refractivity contribution < 1.29 is 9.13 Å². The van der Waals surface area contributed by atoms with Crippen LogP contribution in [0.1, 0.15) is 5.56 Å². The molecule has 0 fully saturated rings. The standard InChI is InChI=1S/C8H8FIO/c1-11-8-3-2-7(9)4-6(8)5-10/h2-4H,5H2,1H3. The molecule has 1 aromatic rings. The van der Waals surface area contributed by atoms with Gasteiger partial charge in [0.2, 0.25) is 0 Å². The number of hydrogen-bond donors (Lipinski definition) is 0. The lowest BCUT2D eigenvalue weighted by atomic mass is 10.2. The van der Waals surface area contributed by atoms with E-state index in [0.717, 1.165) is 15.7 Å². The van der Waals surface area contributed by atoms with Gasteiger partial charge in [-0.25, -0.2) is 4.39 Å². The van der Waals surface area contributed by atoms with E-state index in [1.807, 2.05) is 0 Å². The van der Waals surface area contributed by atoms with Crippen LogP contribution < -0.4 is 4.74 Å². The highest BCUT2D eigenvalue weighted by Crippen LogP contribution is 2.21. The Morgan fingerprint density at radius 3 is 2.82 bits per heavy atom. The Morgan fingerprint density at radius 2 is 2.27 bits per heavy atom. The van der Waals surface area contributed by atoms with Crippen LogP contribution in [-0.2, 0) is 4.43 Å². The smallest absolute Gasteiger partial charge is 0.123 e. The SMILES string of the molecule is COc1ccc(F)cc1CI. The van der Waals surface area contributed by atoms with Crippen LogP contribution in [0.2, 0.25) is 0 Å². The predicted molar refractivity (Wildman–Crippen MR) is 50.7 cm³/mol. The van der Waals surface area contributed by atoms with Crippen LogP contribution in [0.4, 0.5) is 4.39 Å². The third kappa shape index (κ3) is 2.05. The molecule has 0 amide bonds. The minimum absolute atomic E-state index is 0.211. The number of methoxy groups -OCH3 is 1. The van der Waals surface area contributed by atoms with Crippen molar-refractivity contribution in [1.82, 2.24) is 0 Å². The second-order valence-electron chi connectivity index (χ2n) is 2.09. The Hall–Kier alpha value is -0.320. The van der Waals surface area contributed by atoms with Crippen LogP contribution in [0.15, 0.2) is 18.2 Å². The van der Waals surface area contributed by atoms with Crippen LogP contribution in [0.5, 0.6) is 5.75 Å². The van der Waals surface area contributed by atoms with Gasteiger partial charge >= 0.3 is 0 Å². The minimum atomic E-state index is -0.211. The first-order valence-corrected chi connectivity index (χ1v) is 4.69. The fourth-order valence-corrected chi connectivity index (χ4v) is 1.45. The summed E-state index contributed by atoms with van der Waals surface area (Å²) < 4.78 is 18.4. The van der Waals surface area contributed by atoms with Gasteiger partial charge in [-0.15, -0.1) is 0 Å². The number of halogens is 2. The van der Waals surface area contributed by atoms with Gasteiger partial charge in [0.1, 0.15) is 11.6 Å². The summed E-state index contributed by atoms with van der Waals surface area (Å²) in [6, 6.07) is 4.53. The summed E-state index contributed by atoms with van der Waals surface area (Å²) >= 11 is 2.17. The quantitative estimate of drug-likeness (QED) is 0.590. The van der Waals surface area contributed by atoms with Crippen molar-refractivity contribution in [1.29, 1.82) is 0 Å². The highest BCUT2D eigenvalue weighted by molar-refractivity contribution is 14.1. The van der Waals surface area contributed by atoms with E-state index in [4.69, 9.17) is 4.74 Å². The van der Waals surface area contributed by atoms with Gasteiger partial charge in [-0.3, -0.25) is 0 Å². The average molecular weight is 266 g/mol. The van der Waals surface area contributed by atoms with E-state index in [2.05, 4.69) is 22.6 Å². The monoisotopic (exact) mass is 266 g/mol. The molecule has 0 atom stereocenters. The van der Waals surface area contributed by atoms with Crippen molar-refractivity contribution in [3.8, 4) is 5.75 Å². The van der Waals surface area contributed by atoms with E-state index in [1.54, 1.807) is 13.2 Å². The van der Waals surface area contributed by atoms with Crippen LogP contribution in [0.25, 0.3) is 0 Å². The van der Waals surface area contributed by atoms with E-state index < -0.39 is 0 Å². The van der Waals surface area contributed by atoms with Crippen molar-refractivity contribution in [2.24, 2.45) is 0 Å². The molecule has 0 N–H and O–H groups in total. The van der Waals surface area contributed by atoms with E-state index in [0.29, 0.717) is 0 Å². The molecule has 0 aliphatic heterocycles. The maximum absolute atomic E-state index is 12.6. The first kappa shape index (κ1) is 8.77. The number of rotatable bonds is 2. The van der Waals surface area contributed by atoms with Crippen LogP contribution in [-0.4, -0.2) is 7.11 Å². The molecule has 0 unspecified atom stereocenters. The summed E-state index contributed by atoms with van der Waals surface area (Å²) in [5, 5.41) is 0. The zero-order chi connectivity index (χ0) is 8.27. The Morgan fingerprint density at radius 1 is 1.55 bits per heavy atom. The summed E-state index contributed by atoms with van der Waals surface area (Å²) in [5.41, 5.74) is 0.896. The molecular formula is C8H8FIO. The summed E-state index contributed by atoms with van der Waals surface area (Å²) in [4.78, 5) is 0. The van der Waals surface area contributed by atoms with Crippen LogP contribution in [0.3, 0.4) is 0 Å². The molecule has 0 radical (unpaired) electrons. The fourth-order valence-electron chi connectivity index (χ4n) is 0.852. The highest BCUT2D eigenvalue weighted by Gasteiger charge is 2.01. The molecule has 0 heterocycles. The molecule has 0 bridgehead atoms. The number of hydrogen-bond acceptors (Lipinski definition) is 1. The van der Waals surface area contributed by atoms with Crippen LogP contribution >= 0.6 is 22.6 Å². The molecule has 60 valence electrons. The molecule has 1 nitrogen and oxygen atoms in total. The molecule has 0 aliphatic rings. The van der Waals surface area contributed by atoms with Gasteiger partial charge < -0.3 is 4.74 Å². The molecule has 0 saturated heterocycles. The zero-order valence-electron chi connectivity index (χ0n) is 6.10. The van der Waals surface area contributed by atoms with Crippen molar-refractivity contribution in [3.63, 3.8) is 0 Å². The highest BCUT2D eigenvalue weighted by atomic mass is 127. The van der Waals surface area contributed by atoms with Gasteiger partial charge in [0.05, 0.1) is 7.11 Å². The molecule has 1 rings (SSSR count). The molecule has 0 aliphatic carbocycles. The number of ether oxygens (including phenoxy) is 1. The third-order valence-electron chi connectivity index (χ3n) is 1.39.